The summed E-state index contributed by atoms with van der Waals surface area (Å²) in [5.41, 5.74) is 4.61. The molecule has 0 aliphatic heterocycles. The van der Waals surface area contributed by atoms with Crippen molar-refractivity contribution in [2.45, 2.75) is 60.4 Å². The molecular formula is C17H29N. The van der Waals surface area contributed by atoms with E-state index < -0.39 is 0 Å². The van der Waals surface area contributed by atoms with E-state index in [0.29, 0.717) is 11.5 Å². The molecule has 0 saturated heterocycles. The summed E-state index contributed by atoms with van der Waals surface area (Å²) in [5, 5.41) is 3.62. The van der Waals surface area contributed by atoms with Gasteiger partial charge >= 0.3 is 0 Å². The first-order chi connectivity index (χ1) is 8.34. The fourth-order valence-corrected chi connectivity index (χ4v) is 2.51. The lowest BCUT2D eigenvalue weighted by Crippen LogP contribution is -2.40. The van der Waals surface area contributed by atoms with E-state index in [1.54, 1.807) is 0 Å². The van der Waals surface area contributed by atoms with Crippen molar-refractivity contribution in [3.63, 3.8) is 0 Å². The van der Waals surface area contributed by atoms with Gasteiger partial charge in [-0.2, -0.15) is 0 Å². The van der Waals surface area contributed by atoms with Crippen LogP contribution in [0.5, 0.6) is 0 Å². The van der Waals surface area contributed by atoms with Crippen molar-refractivity contribution >= 4 is 0 Å². The monoisotopic (exact) mass is 247 g/mol. The lowest BCUT2D eigenvalue weighted by atomic mass is 9.83. The minimum atomic E-state index is 0.328. The molecule has 1 aromatic rings. The zero-order valence-electron chi connectivity index (χ0n) is 12.9. The minimum Gasteiger partial charge on any atom is -0.314 e. The van der Waals surface area contributed by atoms with Crippen LogP contribution >= 0.6 is 0 Å². The Hall–Kier alpha value is -0.820. The molecule has 1 unspecified atom stereocenters. The summed E-state index contributed by atoms with van der Waals surface area (Å²) in [6.45, 7) is 14.6. The highest BCUT2D eigenvalue weighted by Gasteiger charge is 2.23. The average molecular weight is 247 g/mol. The Morgan fingerprint density at radius 1 is 1.17 bits per heavy atom. The molecule has 0 heterocycles. The molecule has 1 atom stereocenters. The summed E-state index contributed by atoms with van der Waals surface area (Å²) in [6, 6.07) is 7.38. The second-order valence-electron chi connectivity index (χ2n) is 6.44. The SMILES string of the molecule is CCNC(CCc1ccc(C)cc1C)C(C)(C)C. The smallest absolute Gasteiger partial charge is 0.0119 e. The quantitative estimate of drug-likeness (QED) is 0.819. The van der Waals surface area contributed by atoms with Crippen LogP contribution in [0.25, 0.3) is 0 Å². The van der Waals surface area contributed by atoms with Crippen LogP contribution in [0.4, 0.5) is 0 Å². The Morgan fingerprint density at radius 3 is 2.33 bits per heavy atom. The number of hydrogen-bond donors (Lipinski definition) is 1. The fourth-order valence-electron chi connectivity index (χ4n) is 2.51. The second kappa shape index (κ2) is 6.38. The third-order valence-corrected chi connectivity index (χ3v) is 3.70. The van der Waals surface area contributed by atoms with E-state index in [0.717, 1.165) is 6.54 Å². The van der Waals surface area contributed by atoms with Crippen molar-refractivity contribution in [3.05, 3.63) is 34.9 Å². The van der Waals surface area contributed by atoms with Gasteiger partial charge in [0.25, 0.3) is 0 Å². The molecule has 0 bridgehead atoms. The van der Waals surface area contributed by atoms with Crippen LogP contribution in [0, 0.1) is 19.3 Å². The topological polar surface area (TPSA) is 12.0 Å². The van der Waals surface area contributed by atoms with Crippen molar-refractivity contribution in [1.29, 1.82) is 0 Å². The van der Waals surface area contributed by atoms with Gasteiger partial charge in [-0.25, -0.2) is 0 Å². The maximum Gasteiger partial charge on any atom is 0.0119 e. The summed E-state index contributed by atoms with van der Waals surface area (Å²) in [5.74, 6) is 0. The van der Waals surface area contributed by atoms with E-state index in [1.807, 2.05) is 0 Å². The van der Waals surface area contributed by atoms with Gasteiger partial charge < -0.3 is 5.32 Å². The number of benzene rings is 1. The zero-order chi connectivity index (χ0) is 13.8. The lowest BCUT2D eigenvalue weighted by molar-refractivity contribution is 0.258. The molecule has 0 aromatic heterocycles. The van der Waals surface area contributed by atoms with E-state index in [2.05, 4.69) is 65.1 Å². The van der Waals surface area contributed by atoms with Crippen LogP contribution < -0.4 is 5.32 Å². The molecule has 1 rings (SSSR count). The molecule has 18 heavy (non-hydrogen) atoms. The molecular weight excluding hydrogens is 218 g/mol. The summed E-state index contributed by atoms with van der Waals surface area (Å²) in [4.78, 5) is 0. The Labute approximate surface area is 113 Å². The summed E-state index contributed by atoms with van der Waals surface area (Å²) >= 11 is 0. The minimum absolute atomic E-state index is 0.328. The molecule has 102 valence electrons. The van der Waals surface area contributed by atoms with Gasteiger partial charge in [-0.05, 0) is 49.8 Å². The molecule has 0 aliphatic carbocycles. The van der Waals surface area contributed by atoms with Crippen molar-refractivity contribution in [3.8, 4) is 0 Å². The van der Waals surface area contributed by atoms with E-state index >= 15 is 0 Å². The van der Waals surface area contributed by atoms with Crippen molar-refractivity contribution in [1.82, 2.24) is 5.32 Å². The normalized spacial score (nSPS) is 13.7. The Morgan fingerprint density at radius 2 is 1.83 bits per heavy atom. The summed E-state index contributed by atoms with van der Waals surface area (Å²) in [6.07, 6.45) is 2.38. The van der Waals surface area contributed by atoms with Crippen LogP contribution in [0.2, 0.25) is 0 Å². The third kappa shape index (κ3) is 4.45. The van der Waals surface area contributed by atoms with Crippen LogP contribution in [-0.2, 0) is 6.42 Å². The van der Waals surface area contributed by atoms with Gasteiger partial charge in [-0.15, -0.1) is 0 Å². The summed E-state index contributed by atoms with van der Waals surface area (Å²) in [7, 11) is 0. The van der Waals surface area contributed by atoms with Crippen molar-refractivity contribution in [2.24, 2.45) is 5.41 Å². The van der Waals surface area contributed by atoms with Gasteiger partial charge in [-0.3, -0.25) is 0 Å². The van der Waals surface area contributed by atoms with E-state index in [9.17, 15) is 0 Å². The van der Waals surface area contributed by atoms with Gasteiger partial charge in [0, 0.05) is 6.04 Å². The van der Waals surface area contributed by atoms with E-state index in [4.69, 9.17) is 0 Å². The largest absolute Gasteiger partial charge is 0.314 e. The molecule has 1 aromatic carbocycles. The number of nitrogens with one attached hydrogen (secondary N) is 1. The molecule has 0 saturated carbocycles. The first kappa shape index (κ1) is 15.2. The van der Waals surface area contributed by atoms with E-state index in [1.165, 1.54) is 29.5 Å². The molecule has 1 nitrogen and oxygen atoms in total. The van der Waals surface area contributed by atoms with Crippen LogP contribution in [0.15, 0.2) is 18.2 Å². The summed E-state index contributed by atoms with van der Waals surface area (Å²) < 4.78 is 0. The predicted octanol–water partition coefficient (Wildman–Crippen LogP) is 4.26. The van der Waals surface area contributed by atoms with Gasteiger partial charge in [0.05, 0.1) is 0 Å². The Bertz CT molecular complexity index is 374. The van der Waals surface area contributed by atoms with Gasteiger partial charge in [0.15, 0.2) is 0 Å². The van der Waals surface area contributed by atoms with Crippen LogP contribution in [0.3, 0.4) is 0 Å². The number of rotatable bonds is 5. The highest BCUT2D eigenvalue weighted by molar-refractivity contribution is 5.30. The number of hydrogen-bond acceptors (Lipinski definition) is 1. The van der Waals surface area contributed by atoms with Crippen LogP contribution in [-0.4, -0.2) is 12.6 Å². The Kier molecular flexibility index (Phi) is 5.40. The molecule has 0 radical (unpaired) electrons. The second-order valence-corrected chi connectivity index (χ2v) is 6.44. The van der Waals surface area contributed by atoms with Gasteiger partial charge in [-0.1, -0.05) is 51.5 Å². The molecule has 0 amide bonds. The first-order valence-electron chi connectivity index (χ1n) is 7.14. The highest BCUT2D eigenvalue weighted by Crippen LogP contribution is 2.24. The molecule has 0 fully saturated rings. The average Bonchev–Trinajstić information content (AvgIpc) is 2.24. The lowest BCUT2D eigenvalue weighted by Gasteiger charge is -2.31. The standard InChI is InChI=1S/C17H29N/c1-7-18-16(17(4,5)6)11-10-15-9-8-13(2)12-14(15)3/h8-9,12,16,18H,7,10-11H2,1-6H3. The molecule has 0 spiro atoms. The fraction of sp³-hybridized carbons (Fsp3) is 0.647. The highest BCUT2D eigenvalue weighted by atomic mass is 14.9. The Balaban J connectivity index is 2.67. The zero-order valence-corrected chi connectivity index (χ0v) is 12.9. The third-order valence-electron chi connectivity index (χ3n) is 3.70. The molecule has 1 N–H and O–H groups in total. The molecule has 1 heteroatoms. The molecule has 0 aliphatic rings. The number of aryl methyl sites for hydroxylation is 3. The van der Waals surface area contributed by atoms with Crippen molar-refractivity contribution in [2.75, 3.05) is 6.54 Å². The van der Waals surface area contributed by atoms with E-state index in [-0.39, 0.29) is 0 Å². The first-order valence-corrected chi connectivity index (χ1v) is 7.14. The van der Waals surface area contributed by atoms with Gasteiger partial charge in [0.2, 0.25) is 0 Å². The maximum atomic E-state index is 3.62. The van der Waals surface area contributed by atoms with Gasteiger partial charge in [0.1, 0.15) is 0 Å². The van der Waals surface area contributed by atoms with Crippen LogP contribution in [0.1, 0.15) is 50.8 Å². The predicted molar refractivity (Wildman–Crippen MR) is 81.2 cm³/mol. The maximum absolute atomic E-state index is 3.62. The van der Waals surface area contributed by atoms with Crippen molar-refractivity contribution < 1.29 is 0 Å².